The third kappa shape index (κ3) is 4.50. The van der Waals surface area contributed by atoms with E-state index in [-0.39, 0.29) is 17.3 Å². The molecule has 0 fully saturated rings. The average molecular weight is 408 g/mol. The Morgan fingerprint density at radius 2 is 2.07 bits per heavy atom. The molecule has 2 heterocycles. The maximum absolute atomic E-state index is 12.5. The van der Waals surface area contributed by atoms with Crippen LogP contribution in [0, 0.1) is 0 Å². The van der Waals surface area contributed by atoms with Gasteiger partial charge in [-0.15, -0.1) is 10.2 Å². The van der Waals surface area contributed by atoms with Crippen LogP contribution in [0.5, 0.6) is 5.75 Å². The summed E-state index contributed by atoms with van der Waals surface area (Å²) in [7, 11) is 0. The van der Waals surface area contributed by atoms with Gasteiger partial charge in [0.1, 0.15) is 5.75 Å². The summed E-state index contributed by atoms with van der Waals surface area (Å²) in [6.07, 6.45) is 1.55. The molecule has 1 atom stereocenters. The number of thioether (sulfide) groups is 1. The minimum Gasteiger partial charge on any atom is -0.461 e. The van der Waals surface area contributed by atoms with Gasteiger partial charge in [-0.05, 0) is 38.1 Å². The number of halogens is 2. The van der Waals surface area contributed by atoms with Gasteiger partial charge in [0.25, 0.3) is 0 Å². The number of hydrogen-bond donors (Lipinski definition) is 1. The van der Waals surface area contributed by atoms with Crippen LogP contribution in [0.25, 0.3) is 11.6 Å². The Hall–Kier alpha value is -2.88. The van der Waals surface area contributed by atoms with E-state index in [1.165, 1.54) is 23.9 Å². The van der Waals surface area contributed by atoms with Crippen molar-refractivity contribution < 1.29 is 22.7 Å². The first-order valence-electron chi connectivity index (χ1n) is 8.48. The van der Waals surface area contributed by atoms with Crippen LogP contribution >= 0.6 is 11.8 Å². The number of anilines is 1. The maximum Gasteiger partial charge on any atom is 0.387 e. The van der Waals surface area contributed by atoms with Gasteiger partial charge in [-0.2, -0.15) is 8.78 Å². The van der Waals surface area contributed by atoms with E-state index >= 15 is 0 Å². The first-order chi connectivity index (χ1) is 13.5. The Bertz CT molecular complexity index is 931. The Kier molecular flexibility index (Phi) is 6.30. The Morgan fingerprint density at radius 1 is 1.29 bits per heavy atom. The first kappa shape index (κ1) is 19.9. The van der Waals surface area contributed by atoms with Gasteiger partial charge in [0.15, 0.2) is 16.7 Å². The van der Waals surface area contributed by atoms with Crippen molar-refractivity contribution in [2.24, 2.45) is 0 Å². The summed E-state index contributed by atoms with van der Waals surface area (Å²) < 4.78 is 36.7. The third-order valence-electron chi connectivity index (χ3n) is 3.79. The van der Waals surface area contributed by atoms with Crippen LogP contribution in [-0.4, -0.2) is 32.5 Å². The second-order valence-corrected chi connectivity index (χ2v) is 6.96. The summed E-state index contributed by atoms with van der Waals surface area (Å²) in [4.78, 5) is 12.5. The number of carbonyl (C=O) groups excluding carboxylic acids is 1. The number of furan rings is 1. The molecule has 0 radical (unpaired) electrons. The molecule has 10 heteroatoms. The van der Waals surface area contributed by atoms with Gasteiger partial charge >= 0.3 is 6.61 Å². The number of aromatic nitrogens is 3. The van der Waals surface area contributed by atoms with Gasteiger partial charge in [0, 0.05) is 6.54 Å². The van der Waals surface area contributed by atoms with Crippen molar-refractivity contribution in [1.82, 2.24) is 14.8 Å². The van der Waals surface area contributed by atoms with Crippen molar-refractivity contribution in [3.63, 3.8) is 0 Å². The van der Waals surface area contributed by atoms with Crippen LogP contribution in [0.1, 0.15) is 13.8 Å². The summed E-state index contributed by atoms with van der Waals surface area (Å²) in [6.45, 7) is 1.23. The number of alkyl halides is 2. The van der Waals surface area contributed by atoms with Gasteiger partial charge < -0.3 is 14.5 Å². The predicted octanol–water partition coefficient (Wildman–Crippen LogP) is 4.28. The molecule has 3 aromatic rings. The second-order valence-electron chi connectivity index (χ2n) is 5.65. The molecule has 1 N–H and O–H groups in total. The summed E-state index contributed by atoms with van der Waals surface area (Å²) >= 11 is 1.21. The highest BCUT2D eigenvalue weighted by atomic mass is 32.2. The lowest BCUT2D eigenvalue weighted by atomic mass is 10.3. The molecule has 148 valence electrons. The van der Waals surface area contributed by atoms with Crippen LogP contribution in [0.15, 0.2) is 52.2 Å². The van der Waals surface area contributed by atoms with Crippen molar-refractivity contribution >= 4 is 23.4 Å². The third-order valence-corrected chi connectivity index (χ3v) is 4.87. The average Bonchev–Trinajstić information content (AvgIpc) is 3.32. The van der Waals surface area contributed by atoms with Crippen molar-refractivity contribution in [2.75, 3.05) is 5.32 Å². The quantitative estimate of drug-likeness (QED) is 0.560. The number of carbonyl (C=O) groups is 1. The predicted molar refractivity (Wildman–Crippen MR) is 100 cm³/mol. The SMILES string of the molecule is CCn1c(SC(C)C(=O)Nc2ccccc2OC(F)F)nnc1-c1ccco1. The number of nitrogens with one attached hydrogen (secondary N) is 1. The van der Waals surface area contributed by atoms with Gasteiger partial charge in [-0.3, -0.25) is 9.36 Å². The molecule has 28 heavy (non-hydrogen) atoms. The molecule has 0 aliphatic heterocycles. The fraction of sp³-hybridized carbons (Fsp3) is 0.278. The lowest BCUT2D eigenvalue weighted by Crippen LogP contribution is -2.23. The number of rotatable bonds is 8. The monoisotopic (exact) mass is 408 g/mol. The Morgan fingerprint density at radius 3 is 2.75 bits per heavy atom. The number of amides is 1. The molecular formula is C18H18F2N4O3S. The lowest BCUT2D eigenvalue weighted by Gasteiger charge is -2.15. The molecule has 0 bridgehead atoms. The zero-order valence-electron chi connectivity index (χ0n) is 15.1. The molecule has 1 amide bonds. The molecule has 0 spiro atoms. The molecular weight excluding hydrogens is 390 g/mol. The van der Waals surface area contributed by atoms with Gasteiger partial charge in [-0.25, -0.2) is 0 Å². The van der Waals surface area contributed by atoms with Crippen molar-refractivity contribution in [1.29, 1.82) is 0 Å². The highest BCUT2D eigenvalue weighted by molar-refractivity contribution is 8.00. The molecule has 0 saturated heterocycles. The Labute approximate surface area is 164 Å². The zero-order chi connectivity index (χ0) is 20.1. The molecule has 1 aromatic carbocycles. The van der Waals surface area contributed by atoms with E-state index in [0.717, 1.165) is 0 Å². The summed E-state index contributed by atoms with van der Waals surface area (Å²) in [5.74, 6) is 0.676. The maximum atomic E-state index is 12.5. The number of para-hydroxylation sites is 2. The molecule has 3 rings (SSSR count). The summed E-state index contributed by atoms with van der Waals surface area (Å²) in [6, 6.07) is 9.56. The molecule has 0 aliphatic carbocycles. The van der Waals surface area contributed by atoms with Crippen molar-refractivity contribution in [2.45, 2.75) is 37.4 Å². The van der Waals surface area contributed by atoms with Crippen molar-refractivity contribution in [3.05, 3.63) is 42.7 Å². The van der Waals surface area contributed by atoms with Crippen LogP contribution in [-0.2, 0) is 11.3 Å². The fourth-order valence-electron chi connectivity index (χ4n) is 2.46. The minimum absolute atomic E-state index is 0.0973. The number of hydrogen-bond acceptors (Lipinski definition) is 6. The van der Waals surface area contributed by atoms with E-state index in [1.54, 1.807) is 37.5 Å². The topological polar surface area (TPSA) is 82.2 Å². The van der Waals surface area contributed by atoms with E-state index in [2.05, 4.69) is 20.3 Å². The van der Waals surface area contributed by atoms with E-state index < -0.39 is 11.9 Å². The van der Waals surface area contributed by atoms with E-state index in [0.29, 0.717) is 23.3 Å². The number of benzene rings is 1. The van der Waals surface area contributed by atoms with Gasteiger partial charge in [0.2, 0.25) is 5.91 Å². The van der Waals surface area contributed by atoms with Gasteiger partial charge in [-0.1, -0.05) is 23.9 Å². The molecule has 1 unspecified atom stereocenters. The van der Waals surface area contributed by atoms with E-state index in [4.69, 9.17) is 4.42 Å². The highest BCUT2D eigenvalue weighted by Gasteiger charge is 2.22. The summed E-state index contributed by atoms with van der Waals surface area (Å²) in [5.41, 5.74) is 0.175. The van der Waals surface area contributed by atoms with Crippen molar-refractivity contribution in [3.8, 4) is 17.3 Å². The lowest BCUT2D eigenvalue weighted by molar-refractivity contribution is -0.115. The van der Waals surface area contributed by atoms with Crippen LogP contribution in [0.3, 0.4) is 0 Å². The summed E-state index contributed by atoms with van der Waals surface area (Å²) in [5, 5.41) is 10.9. The molecule has 7 nitrogen and oxygen atoms in total. The molecule has 0 saturated carbocycles. The van der Waals surface area contributed by atoms with E-state index in [1.807, 2.05) is 11.5 Å². The standard InChI is InChI=1S/C18H18F2N4O3S/c1-3-24-15(14-9-6-10-26-14)22-23-18(24)28-11(2)16(25)21-12-7-4-5-8-13(12)27-17(19)20/h4-11,17H,3H2,1-2H3,(H,21,25). The normalized spacial score (nSPS) is 12.2. The second kappa shape index (κ2) is 8.87. The zero-order valence-corrected chi connectivity index (χ0v) is 16.0. The number of ether oxygens (including phenoxy) is 1. The highest BCUT2D eigenvalue weighted by Crippen LogP contribution is 2.29. The molecule has 2 aromatic heterocycles. The smallest absolute Gasteiger partial charge is 0.387 e. The van der Waals surface area contributed by atoms with Gasteiger partial charge in [0.05, 0.1) is 17.2 Å². The number of nitrogens with zero attached hydrogens (tertiary/aromatic N) is 3. The first-order valence-corrected chi connectivity index (χ1v) is 9.36. The molecule has 0 aliphatic rings. The Balaban J connectivity index is 1.72. The van der Waals surface area contributed by atoms with E-state index in [9.17, 15) is 13.6 Å². The minimum atomic E-state index is -2.98. The fourth-order valence-corrected chi connectivity index (χ4v) is 3.38. The van der Waals surface area contributed by atoms with Crippen LogP contribution in [0.4, 0.5) is 14.5 Å². The largest absolute Gasteiger partial charge is 0.461 e. The van der Waals surface area contributed by atoms with Crippen LogP contribution in [0.2, 0.25) is 0 Å². The van der Waals surface area contributed by atoms with Crippen LogP contribution < -0.4 is 10.1 Å².